The van der Waals surface area contributed by atoms with Gasteiger partial charge in [0.25, 0.3) is 0 Å². The minimum Gasteiger partial charge on any atom is -0.380 e. The number of nitrogens with zero attached hydrogens (tertiary/aromatic N) is 1. The predicted octanol–water partition coefficient (Wildman–Crippen LogP) is 1.34. The van der Waals surface area contributed by atoms with Crippen LogP contribution in [0.25, 0.3) is 0 Å². The second-order valence-corrected chi connectivity index (χ2v) is 4.88. The van der Waals surface area contributed by atoms with Crippen LogP contribution in [0.15, 0.2) is 0 Å². The smallest absolute Gasteiger partial charge is 0.0593 e. The van der Waals surface area contributed by atoms with Crippen LogP contribution in [0.4, 0.5) is 0 Å². The van der Waals surface area contributed by atoms with Crippen LogP contribution in [0.3, 0.4) is 0 Å². The molecule has 0 aromatic carbocycles. The third-order valence-corrected chi connectivity index (χ3v) is 3.00. The van der Waals surface area contributed by atoms with E-state index in [1.54, 1.807) is 0 Å². The number of ether oxygens (including phenoxy) is 1. The standard InChI is InChI=1S/C12H26N2O/c1-11(2)4-8-15-9-7-14-6-5-13-10-12(14)3/h11-13H,4-10H2,1-3H3/t12-/m1/s1. The molecule has 0 amide bonds. The molecule has 3 heteroatoms. The normalized spacial score (nSPS) is 23.6. The highest BCUT2D eigenvalue weighted by atomic mass is 16.5. The summed E-state index contributed by atoms with van der Waals surface area (Å²) in [6, 6.07) is 0.660. The summed E-state index contributed by atoms with van der Waals surface area (Å²) >= 11 is 0. The highest BCUT2D eigenvalue weighted by molar-refractivity contribution is 4.75. The molecule has 1 heterocycles. The van der Waals surface area contributed by atoms with E-state index in [1.807, 2.05) is 0 Å². The molecule has 1 aliphatic rings. The van der Waals surface area contributed by atoms with Crippen molar-refractivity contribution in [1.82, 2.24) is 10.2 Å². The van der Waals surface area contributed by atoms with Gasteiger partial charge in [0.05, 0.1) is 6.61 Å². The molecule has 1 fully saturated rings. The van der Waals surface area contributed by atoms with Crippen molar-refractivity contribution < 1.29 is 4.74 Å². The second-order valence-electron chi connectivity index (χ2n) is 4.88. The highest BCUT2D eigenvalue weighted by Gasteiger charge is 2.16. The number of nitrogens with one attached hydrogen (secondary N) is 1. The Morgan fingerprint density at radius 1 is 1.40 bits per heavy atom. The fourth-order valence-corrected chi connectivity index (χ4v) is 1.82. The Bertz CT molecular complexity index is 162. The van der Waals surface area contributed by atoms with Crippen molar-refractivity contribution in [3.8, 4) is 0 Å². The Balaban J connectivity index is 1.99. The van der Waals surface area contributed by atoms with Crippen LogP contribution in [-0.4, -0.2) is 50.3 Å². The van der Waals surface area contributed by atoms with E-state index in [0.717, 1.165) is 45.3 Å². The summed E-state index contributed by atoms with van der Waals surface area (Å²) in [4.78, 5) is 2.51. The SMILES string of the molecule is CC(C)CCOCCN1CCNC[C@H]1C. The zero-order chi connectivity index (χ0) is 11.1. The van der Waals surface area contributed by atoms with E-state index in [-0.39, 0.29) is 0 Å². The maximum Gasteiger partial charge on any atom is 0.0593 e. The van der Waals surface area contributed by atoms with E-state index < -0.39 is 0 Å². The molecule has 1 N–H and O–H groups in total. The van der Waals surface area contributed by atoms with Gasteiger partial charge in [0, 0.05) is 38.8 Å². The van der Waals surface area contributed by atoms with Crippen molar-refractivity contribution in [1.29, 1.82) is 0 Å². The molecular weight excluding hydrogens is 188 g/mol. The van der Waals surface area contributed by atoms with Gasteiger partial charge in [0.1, 0.15) is 0 Å². The molecule has 3 nitrogen and oxygen atoms in total. The lowest BCUT2D eigenvalue weighted by Crippen LogP contribution is -2.50. The van der Waals surface area contributed by atoms with Gasteiger partial charge in [-0.25, -0.2) is 0 Å². The average Bonchev–Trinajstić information content (AvgIpc) is 2.20. The first kappa shape index (κ1) is 12.9. The van der Waals surface area contributed by atoms with Crippen LogP contribution in [-0.2, 0) is 4.74 Å². The molecule has 0 unspecified atom stereocenters. The quantitative estimate of drug-likeness (QED) is 0.675. The summed E-state index contributed by atoms with van der Waals surface area (Å²) in [5.41, 5.74) is 0. The number of hydrogen-bond acceptors (Lipinski definition) is 3. The van der Waals surface area contributed by atoms with Gasteiger partial charge in [-0.3, -0.25) is 4.90 Å². The van der Waals surface area contributed by atoms with Crippen LogP contribution >= 0.6 is 0 Å². The van der Waals surface area contributed by atoms with Gasteiger partial charge in [-0.15, -0.1) is 0 Å². The monoisotopic (exact) mass is 214 g/mol. The molecule has 1 atom stereocenters. The predicted molar refractivity (Wildman–Crippen MR) is 64.2 cm³/mol. The Morgan fingerprint density at radius 2 is 2.20 bits per heavy atom. The molecule has 0 aliphatic carbocycles. The maximum absolute atomic E-state index is 5.63. The third kappa shape index (κ3) is 5.50. The van der Waals surface area contributed by atoms with E-state index in [4.69, 9.17) is 4.74 Å². The molecule has 0 bridgehead atoms. The van der Waals surface area contributed by atoms with E-state index in [9.17, 15) is 0 Å². The molecule has 1 saturated heterocycles. The summed E-state index contributed by atoms with van der Waals surface area (Å²) in [5, 5.41) is 3.40. The van der Waals surface area contributed by atoms with Crippen molar-refractivity contribution in [3.05, 3.63) is 0 Å². The summed E-state index contributed by atoms with van der Waals surface area (Å²) in [6.45, 7) is 13.0. The third-order valence-electron chi connectivity index (χ3n) is 3.00. The lowest BCUT2D eigenvalue weighted by Gasteiger charge is -2.33. The number of rotatable bonds is 6. The van der Waals surface area contributed by atoms with Crippen molar-refractivity contribution >= 4 is 0 Å². The Kier molecular flexibility index (Phi) is 6.22. The Hall–Kier alpha value is -0.120. The lowest BCUT2D eigenvalue weighted by molar-refractivity contribution is 0.0759. The molecule has 15 heavy (non-hydrogen) atoms. The van der Waals surface area contributed by atoms with Crippen molar-refractivity contribution in [3.63, 3.8) is 0 Å². The Labute approximate surface area is 94.2 Å². The summed E-state index contributed by atoms with van der Waals surface area (Å²) in [5.74, 6) is 0.753. The molecule has 0 saturated carbocycles. The summed E-state index contributed by atoms with van der Waals surface area (Å²) < 4.78 is 5.63. The number of hydrogen-bond donors (Lipinski definition) is 1. The summed E-state index contributed by atoms with van der Waals surface area (Å²) in [6.07, 6.45) is 1.18. The van der Waals surface area contributed by atoms with Crippen LogP contribution in [0.2, 0.25) is 0 Å². The van der Waals surface area contributed by atoms with Crippen LogP contribution in [0.1, 0.15) is 27.2 Å². The van der Waals surface area contributed by atoms with Gasteiger partial charge >= 0.3 is 0 Å². The average molecular weight is 214 g/mol. The first-order chi connectivity index (χ1) is 7.20. The number of piperazine rings is 1. The fourth-order valence-electron chi connectivity index (χ4n) is 1.82. The molecule has 0 radical (unpaired) electrons. The van der Waals surface area contributed by atoms with Crippen molar-refractivity contribution in [2.45, 2.75) is 33.2 Å². The zero-order valence-corrected chi connectivity index (χ0v) is 10.5. The van der Waals surface area contributed by atoms with Crippen molar-refractivity contribution in [2.24, 2.45) is 5.92 Å². The fraction of sp³-hybridized carbons (Fsp3) is 1.00. The second kappa shape index (κ2) is 7.20. The first-order valence-corrected chi connectivity index (χ1v) is 6.22. The molecule has 0 spiro atoms. The highest BCUT2D eigenvalue weighted by Crippen LogP contribution is 2.02. The van der Waals surface area contributed by atoms with Crippen molar-refractivity contribution in [2.75, 3.05) is 39.4 Å². The zero-order valence-electron chi connectivity index (χ0n) is 10.5. The van der Waals surface area contributed by atoms with Gasteiger partial charge in [0.2, 0.25) is 0 Å². The van der Waals surface area contributed by atoms with Gasteiger partial charge in [-0.2, -0.15) is 0 Å². The van der Waals surface area contributed by atoms with E-state index in [0.29, 0.717) is 6.04 Å². The minimum absolute atomic E-state index is 0.660. The van der Waals surface area contributed by atoms with Crippen LogP contribution in [0.5, 0.6) is 0 Å². The van der Waals surface area contributed by atoms with Crippen LogP contribution < -0.4 is 5.32 Å². The lowest BCUT2D eigenvalue weighted by atomic mass is 10.1. The Morgan fingerprint density at radius 3 is 2.87 bits per heavy atom. The molecule has 0 aromatic heterocycles. The van der Waals surface area contributed by atoms with E-state index in [2.05, 4.69) is 31.0 Å². The molecule has 0 aromatic rings. The van der Waals surface area contributed by atoms with Gasteiger partial charge < -0.3 is 10.1 Å². The van der Waals surface area contributed by atoms with Gasteiger partial charge in [-0.1, -0.05) is 13.8 Å². The molecule has 90 valence electrons. The topological polar surface area (TPSA) is 24.5 Å². The molecule has 1 rings (SSSR count). The van der Waals surface area contributed by atoms with E-state index >= 15 is 0 Å². The molecule has 1 aliphatic heterocycles. The maximum atomic E-state index is 5.63. The largest absolute Gasteiger partial charge is 0.380 e. The minimum atomic E-state index is 0.660. The first-order valence-electron chi connectivity index (χ1n) is 6.22. The van der Waals surface area contributed by atoms with Crippen LogP contribution in [0, 0.1) is 5.92 Å². The van der Waals surface area contributed by atoms with Gasteiger partial charge in [0.15, 0.2) is 0 Å². The molecular formula is C12H26N2O. The van der Waals surface area contributed by atoms with Gasteiger partial charge in [-0.05, 0) is 19.3 Å². The van der Waals surface area contributed by atoms with E-state index in [1.165, 1.54) is 6.42 Å². The summed E-state index contributed by atoms with van der Waals surface area (Å²) in [7, 11) is 0.